The molecule has 2 aromatic carbocycles. The first-order valence-electron chi connectivity index (χ1n) is 8.78. The van der Waals surface area contributed by atoms with Crippen molar-refractivity contribution in [2.45, 2.75) is 18.9 Å². The highest BCUT2D eigenvalue weighted by Gasteiger charge is 2.16. The second-order valence-corrected chi connectivity index (χ2v) is 6.55. The zero-order chi connectivity index (χ0) is 19.1. The highest BCUT2D eigenvalue weighted by atomic mass is 35.5. The lowest BCUT2D eigenvalue weighted by Crippen LogP contribution is -2.36. The molecule has 0 spiro atoms. The van der Waals surface area contributed by atoms with Crippen molar-refractivity contribution < 1.29 is 14.3 Å². The molecule has 0 radical (unpaired) electrons. The Hall–Kier alpha value is -2.57. The summed E-state index contributed by atoms with van der Waals surface area (Å²) < 4.78 is 11.0. The van der Waals surface area contributed by atoms with E-state index in [-0.39, 0.29) is 12.0 Å². The minimum Gasteiger partial charge on any atom is -0.495 e. The monoisotopic (exact) mass is 387 g/mol. The van der Waals surface area contributed by atoms with Gasteiger partial charge < -0.3 is 14.8 Å². The third kappa shape index (κ3) is 5.45. The van der Waals surface area contributed by atoms with E-state index in [1.807, 2.05) is 24.3 Å². The number of guanidine groups is 1. The normalized spacial score (nSPS) is 16.8. The number of anilines is 1. The summed E-state index contributed by atoms with van der Waals surface area (Å²) in [6, 6.07) is 14.1. The van der Waals surface area contributed by atoms with Crippen LogP contribution in [0.1, 0.15) is 23.2 Å². The summed E-state index contributed by atoms with van der Waals surface area (Å²) in [6.45, 7) is 1.23. The van der Waals surface area contributed by atoms with Crippen LogP contribution >= 0.6 is 11.6 Å². The number of benzene rings is 2. The number of hydrogen-bond acceptors (Lipinski definition) is 4. The smallest absolute Gasteiger partial charge is 0.257 e. The van der Waals surface area contributed by atoms with E-state index in [0.717, 1.165) is 19.4 Å². The predicted molar refractivity (Wildman–Crippen MR) is 107 cm³/mol. The average Bonchev–Trinajstić information content (AvgIpc) is 3.20. The zero-order valence-corrected chi connectivity index (χ0v) is 15.8. The largest absolute Gasteiger partial charge is 0.495 e. The van der Waals surface area contributed by atoms with E-state index in [0.29, 0.717) is 34.5 Å². The van der Waals surface area contributed by atoms with E-state index < -0.39 is 0 Å². The lowest BCUT2D eigenvalue weighted by atomic mass is 10.2. The molecule has 1 aliphatic rings. The van der Waals surface area contributed by atoms with Crippen molar-refractivity contribution in [2.24, 2.45) is 4.99 Å². The Labute approximate surface area is 163 Å². The molecule has 0 saturated carbocycles. The van der Waals surface area contributed by atoms with E-state index in [2.05, 4.69) is 15.6 Å². The quantitative estimate of drug-likeness (QED) is 0.605. The zero-order valence-electron chi connectivity index (χ0n) is 15.1. The van der Waals surface area contributed by atoms with Gasteiger partial charge in [0.25, 0.3) is 5.91 Å². The number of rotatable bonds is 5. The molecule has 2 N–H and O–H groups in total. The molecular formula is C20H22ClN3O3. The van der Waals surface area contributed by atoms with Gasteiger partial charge in [-0.15, -0.1) is 0 Å². The Kier molecular flexibility index (Phi) is 6.68. The minimum absolute atomic E-state index is 0.0758. The Balaban J connectivity index is 1.77. The van der Waals surface area contributed by atoms with Crippen molar-refractivity contribution in [1.82, 2.24) is 5.32 Å². The lowest BCUT2D eigenvalue weighted by molar-refractivity contribution is 0.0975. The molecular weight excluding hydrogens is 366 g/mol. The summed E-state index contributed by atoms with van der Waals surface area (Å²) in [5.74, 6) is 0.721. The maximum atomic E-state index is 12.6. The second-order valence-electron chi connectivity index (χ2n) is 6.11. The van der Waals surface area contributed by atoms with Gasteiger partial charge in [-0.3, -0.25) is 10.1 Å². The molecule has 142 valence electrons. The van der Waals surface area contributed by atoms with E-state index in [4.69, 9.17) is 21.1 Å². The molecule has 1 amide bonds. The number of nitrogens with one attached hydrogen (secondary N) is 2. The molecule has 0 bridgehead atoms. The number of methoxy groups -OCH3 is 1. The van der Waals surface area contributed by atoms with E-state index in [1.54, 1.807) is 31.4 Å². The summed E-state index contributed by atoms with van der Waals surface area (Å²) in [4.78, 5) is 17.1. The summed E-state index contributed by atoms with van der Waals surface area (Å²) in [5, 5.41) is 6.54. The summed E-state index contributed by atoms with van der Waals surface area (Å²) in [5.41, 5.74) is 1.20. The highest BCUT2D eigenvalue weighted by Crippen LogP contribution is 2.23. The van der Waals surface area contributed by atoms with Crippen molar-refractivity contribution in [3.8, 4) is 5.75 Å². The standard InChI is InChI=1S/C20H22ClN3O3/c1-26-18-7-3-2-6-17(18)23-20(22-13-16-5-4-12-27-16)24-19(25)14-8-10-15(21)11-9-14/h2-3,6-11,16H,4-5,12-13H2,1H3,(H2,22,23,24,25)/t16-/m1/s1. The molecule has 7 heteroatoms. The predicted octanol–water partition coefficient (Wildman–Crippen LogP) is 3.73. The summed E-state index contributed by atoms with van der Waals surface area (Å²) in [6.07, 6.45) is 2.08. The van der Waals surface area contributed by atoms with Gasteiger partial charge >= 0.3 is 0 Å². The average molecular weight is 388 g/mol. The van der Waals surface area contributed by atoms with Crippen LogP contribution in [0.4, 0.5) is 5.69 Å². The van der Waals surface area contributed by atoms with E-state index in [1.165, 1.54) is 0 Å². The fraction of sp³-hybridized carbons (Fsp3) is 0.300. The molecule has 1 aliphatic heterocycles. The number of carbonyl (C=O) groups excluding carboxylic acids is 1. The van der Waals surface area contributed by atoms with E-state index in [9.17, 15) is 4.79 Å². The van der Waals surface area contributed by atoms with Crippen molar-refractivity contribution in [2.75, 3.05) is 25.6 Å². The second kappa shape index (κ2) is 9.39. The molecule has 6 nitrogen and oxygen atoms in total. The van der Waals surface area contributed by atoms with Crippen molar-refractivity contribution in [3.63, 3.8) is 0 Å². The van der Waals surface area contributed by atoms with Crippen molar-refractivity contribution >= 4 is 29.2 Å². The number of ether oxygens (including phenoxy) is 2. The van der Waals surface area contributed by atoms with Crippen molar-refractivity contribution in [1.29, 1.82) is 0 Å². The first-order chi connectivity index (χ1) is 13.2. The van der Waals surface area contributed by atoms with Gasteiger partial charge in [0.15, 0.2) is 0 Å². The molecule has 2 aromatic rings. The third-order valence-corrected chi connectivity index (χ3v) is 4.43. The minimum atomic E-state index is -0.278. The van der Waals surface area contributed by atoms with Gasteiger partial charge in [0.2, 0.25) is 5.96 Å². The van der Waals surface area contributed by atoms with Gasteiger partial charge in [0.05, 0.1) is 25.4 Å². The van der Waals surface area contributed by atoms with Gasteiger partial charge in [0.1, 0.15) is 5.75 Å². The number of halogens is 1. The van der Waals surface area contributed by atoms with Crippen LogP contribution in [0.5, 0.6) is 5.75 Å². The highest BCUT2D eigenvalue weighted by molar-refractivity contribution is 6.30. The Morgan fingerprint density at radius 1 is 1.26 bits per heavy atom. The van der Waals surface area contributed by atoms with Crippen LogP contribution in [-0.2, 0) is 4.74 Å². The molecule has 1 atom stereocenters. The topological polar surface area (TPSA) is 71.9 Å². The van der Waals surface area contributed by atoms with Crippen LogP contribution in [0, 0.1) is 0 Å². The van der Waals surface area contributed by atoms with Crippen LogP contribution in [0.3, 0.4) is 0 Å². The van der Waals surface area contributed by atoms with Gasteiger partial charge in [-0.1, -0.05) is 23.7 Å². The molecule has 0 unspecified atom stereocenters. The first kappa shape index (κ1) is 19.2. The Morgan fingerprint density at radius 2 is 2.04 bits per heavy atom. The van der Waals surface area contributed by atoms with Crippen LogP contribution < -0.4 is 15.4 Å². The number of hydrogen-bond donors (Lipinski definition) is 2. The number of carbonyl (C=O) groups is 1. The summed E-state index contributed by atoms with van der Waals surface area (Å²) >= 11 is 5.89. The number of aliphatic imine (C=N–C) groups is 1. The van der Waals surface area contributed by atoms with E-state index >= 15 is 0 Å². The van der Waals surface area contributed by atoms with Gasteiger partial charge in [-0.25, -0.2) is 4.99 Å². The maximum absolute atomic E-state index is 12.6. The SMILES string of the molecule is COc1ccccc1NC(=NC[C@H]1CCCO1)NC(=O)c1ccc(Cl)cc1. The molecule has 1 saturated heterocycles. The maximum Gasteiger partial charge on any atom is 0.257 e. The Morgan fingerprint density at radius 3 is 2.74 bits per heavy atom. The molecule has 1 heterocycles. The third-order valence-electron chi connectivity index (χ3n) is 4.18. The Bertz CT molecular complexity index is 802. The molecule has 0 aromatic heterocycles. The number of nitrogens with zero attached hydrogens (tertiary/aromatic N) is 1. The number of para-hydroxylation sites is 2. The molecule has 1 fully saturated rings. The van der Waals surface area contributed by atoms with Gasteiger partial charge in [0, 0.05) is 17.2 Å². The van der Waals surface area contributed by atoms with Crippen molar-refractivity contribution in [3.05, 3.63) is 59.1 Å². The van der Waals surface area contributed by atoms with Crippen LogP contribution in [0.25, 0.3) is 0 Å². The molecule has 3 rings (SSSR count). The molecule has 0 aliphatic carbocycles. The van der Waals surface area contributed by atoms with Crippen LogP contribution in [-0.4, -0.2) is 38.2 Å². The number of amides is 1. The molecule has 27 heavy (non-hydrogen) atoms. The summed E-state index contributed by atoms with van der Waals surface area (Å²) in [7, 11) is 1.59. The fourth-order valence-electron chi connectivity index (χ4n) is 2.75. The fourth-order valence-corrected chi connectivity index (χ4v) is 2.87. The van der Waals surface area contributed by atoms with Crippen LogP contribution in [0.15, 0.2) is 53.5 Å². The van der Waals surface area contributed by atoms with Gasteiger partial charge in [-0.05, 0) is 49.2 Å². The van der Waals surface area contributed by atoms with Gasteiger partial charge in [-0.2, -0.15) is 0 Å². The van der Waals surface area contributed by atoms with Crippen LogP contribution in [0.2, 0.25) is 5.02 Å². The lowest BCUT2D eigenvalue weighted by Gasteiger charge is -2.15. The first-order valence-corrected chi connectivity index (χ1v) is 9.16.